The van der Waals surface area contributed by atoms with Gasteiger partial charge in [0.1, 0.15) is 6.61 Å². The average Bonchev–Trinajstić information content (AvgIpc) is 3.21. The molecular formula is C19H17N3O6. The van der Waals surface area contributed by atoms with Crippen LogP contribution >= 0.6 is 0 Å². The summed E-state index contributed by atoms with van der Waals surface area (Å²) in [6.07, 6.45) is -0.827. The van der Waals surface area contributed by atoms with E-state index in [1.165, 1.54) is 7.11 Å². The topological polar surface area (TPSA) is 105 Å². The van der Waals surface area contributed by atoms with Gasteiger partial charge in [-0.15, -0.1) is 5.10 Å². The summed E-state index contributed by atoms with van der Waals surface area (Å²) < 4.78 is 27.2. The normalized spacial score (nSPS) is 15.0. The Balaban J connectivity index is 1.46. The summed E-state index contributed by atoms with van der Waals surface area (Å²) in [6, 6.07) is 12.3. The van der Waals surface area contributed by atoms with Crippen LogP contribution in [0.4, 0.5) is 6.01 Å². The molecule has 2 aromatic carbocycles. The van der Waals surface area contributed by atoms with Gasteiger partial charge in [-0.25, -0.2) is 0 Å². The van der Waals surface area contributed by atoms with Crippen molar-refractivity contribution >= 4 is 11.9 Å². The van der Waals surface area contributed by atoms with Crippen molar-refractivity contribution in [3.8, 4) is 34.5 Å². The van der Waals surface area contributed by atoms with Crippen LogP contribution in [-0.2, 0) is 4.79 Å². The van der Waals surface area contributed by atoms with Gasteiger partial charge in [0.25, 0.3) is 5.91 Å². The van der Waals surface area contributed by atoms with Crippen molar-refractivity contribution in [1.29, 1.82) is 0 Å². The van der Waals surface area contributed by atoms with Crippen molar-refractivity contribution < 1.29 is 28.2 Å². The number of aromatic nitrogens is 2. The van der Waals surface area contributed by atoms with Crippen molar-refractivity contribution in [2.75, 3.05) is 26.1 Å². The smallest absolute Gasteiger partial charge is 0.322 e. The standard InChI is InChI=1S/C19H17N3O6/c1-24-12-8-7-11(9-15(12)25-2)18-21-22-19(28-18)20-17(23)16-10-26-13-5-3-4-6-14(13)27-16/h3-9,16H,10H2,1-2H3,(H,20,22,23)/t16-/m0/s1. The molecule has 0 spiro atoms. The van der Waals surface area contributed by atoms with E-state index in [1.807, 2.05) is 6.07 Å². The number of ether oxygens (including phenoxy) is 4. The molecule has 1 amide bonds. The molecule has 4 rings (SSSR count). The zero-order valence-electron chi connectivity index (χ0n) is 15.2. The van der Waals surface area contributed by atoms with Crippen LogP contribution in [0.3, 0.4) is 0 Å². The number of hydrogen-bond donors (Lipinski definition) is 1. The molecule has 0 saturated heterocycles. The van der Waals surface area contributed by atoms with Crippen LogP contribution in [0.15, 0.2) is 46.9 Å². The fourth-order valence-electron chi connectivity index (χ4n) is 2.69. The van der Waals surface area contributed by atoms with Gasteiger partial charge in [-0.1, -0.05) is 17.2 Å². The summed E-state index contributed by atoms with van der Waals surface area (Å²) in [7, 11) is 3.08. The largest absolute Gasteiger partial charge is 0.493 e. The Bertz CT molecular complexity index is 1000. The predicted octanol–water partition coefficient (Wildman–Crippen LogP) is 2.53. The molecule has 0 fully saturated rings. The van der Waals surface area contributed by atoms with Crippen molar-refractivity contribution in [2.24, 2.45) is 0 Å². The number of hydrogen-bond acceptors (Lipinski definition) is 8. The summed E-state index contributed by atoms with van der Waals surface area (Å²) in [5.74, 6) is 1.98. The fourth-order valence-corrected chi connectivity index (χ4v) is 2.69. The lowest BCUT2D eigenvalue weighted by Gasteiger charge is -2.24. The first-order valence-corrected chi connectivity index (χ1v) is 8.43. The molecule has 0 saturated carbocycles. The average molecular weight is 383 g/mol. The van der Waals surface area contributed by atoms with E-state index in [-0.39, 0.29) is 18.5 Å². The minimum absolute atomic E-state index is 0.0442. The molecule has 0 aliphatic carbocycles. The first-order chi connectivity index (χ1) is 13.7. The van der Waals surface area contributed by atoms with Crippen LogP contribution in [0.2, 0.25) is 0 Å². The molecule has 28 heavy (non-hydrogen) atoms. The third kappa shape index (κ3) is 3.41. The second-order valence-corrected chi connectivity index (χ2v) is 5.84. The third-order valence-electron chi connectivity index (χ3n) is 4.09. The Morgan fingerprint density at radius 3 is 2.64 bits per heavy atom. The summed E-state index contributed by atoms with van der Waals surface area (Å²) in [4.78, 5) is 12.4. The maximum Gasteiger partial charge on any atom is 0.322 e. The van der Waals surface area contributed by atoms with Gasteiger partial charge in [0, 0.05) is 5.56 Å². The van der Waals surface area contributed by atoms with Crippen molar-refractivity contribution in [1.82, 2.24) is 10.2 Å². The van der Waals surface area contributed by atoms with Gasteiger partial charge in [0.2, 0.25) is 12.0 Å². The second kappa shape index (κ2) is 7.47. The second-order valence-electron chi connectivity index (χ2n) is 5.84. The van der Waals surface area contributed by atoms with Crippen molar-refractivity contribution in [3.63, 3.8) is 0 Å². The Hall–Kier alpha value is -3.75. The van der Waals surface area contributed by atoms with E-state index in [2.05, 4.69) is 15.5 Å². The number of benzene rings is 2. The molecule has 2 heterocycles. The highest BCUT2D eigenvalue weighted by molar-refractivity contribution is 5.93. The van der Waals surface area contributed by atoms with Crippen LogP contribution in [0, 0.1) is 0 Å². The van der Waals surface area contributed by atoms with E-state index in [1.54, 1.807) is 43.5 Å². The number of amides is 1. The molecule has 9 nitrogen and oxygen atoms in total. The van der Waals surface area contributed by atoms with E-state index in [4.69, 9.17) is 23.4 Å². The Labute approximate surface area is 160 Å². The van der Waals surface area contributed by atoms with E-state index < -0.39 is 12.0 Å². The molecule has 1 aromatic heterocycles. The molecule has 1 N–H and O–H groups in total. The number of carbonyl (C=O) groups excluding carboxylic acids is 1. The van der Waals surface area contributed by atoms with Crippen LogP contribution in [0.25, 0.3) is 11.5 Å². The number of methoxy groups -OCH3 is 2. The SMILES string of the molecule is COc1ccc(-c2nnc(NC(=O)[C@@H]3COc4ccccc4O3)o2)cc1OC. The quantitative estimate of drug-likeness (QED) is 0.717. The highest BCUT2D eigenvalue weighted by Gasteiger charge is 2.28. The first kappa shape index (κ1) is 17.7. The minimum Gasteiger partial charge on any atom is -0.493 e. The molecule has 1 aliphatic heterocycles. The van der Waals surface area contributed by atoms with Crippen molar-refractivity contribution in [3.05, 3.63) is 42.5 Å². The van der Waals surface area contributed by atoms with E-state index >= 15 is 0 Å². The zero-order chi connectivity index (χ0) is 19.5. The lowest BCUT2D eigenvalue weighted by molar-refractivity contribution is -0.125. The van der Waals surface area contributed by atoms with Gasteiger partial charge in [-0.05, 0) is 30.3 Å². The number of fused-ring (bicyclic) bond motifs is 1. The minimum atomic E-state index is -0.827. The van der Waals surface area contributed by atoms with Gasteiger partial charge in [-0.2, -0.15) is 0 Å². The van der Waals surface area contributed by atoms with E-state index in [0.29, 0.717) is 28.6 Å². The molecule has 0 unspecified atom stereocenters. The van der Waals surface area contributed by atoms with E-state index in [0.717, 1.165) is 0 Å². The molecule has 1 atom stereocenters. The lowest BCUT2D eigenvalue weighted by atomic mass is 10.2. The fraction of sp³-hybridized carbons (Fsp3) is 0.211. The number of nitrogens with one attached hydrogen (secondary N) is 1. The third-order valence-corrected chi connectivity index (χ3v) is 4.09. The Morgan fingerprint density at radius 1 is 1.07 bits per heavy atom. The van der Waals surface area contributed by atoms with Crippen molar-refractivity contribution in [2.45, 2.75) is 6.10 Å². The Morgan fingerprint density at radius 2 is 1.86 bits per heavy atom. The number of nitrogens with zero attached hydrogens (tertiary/aromatic N) is 2. The summed E-state index contributed by atoms with van der Waals surface area (Å²) in [5, 5.41) is 10.3. The summed E-state index contributed by atoms with van der Waals surface area (Å²) in [6.45, 7) is 0.0829. The van der Waals surface area contributed by atoms with Gasteiger partial charge in [0.05, 0.1) is 14.2 Å². The molecular weight excluding hydrogens is 366 g/mol. The number of anilines is 1. The lowest BCUT2D eigenvalue weighted by Crippen LogP contribution is -2.40. The van der Waals surface area contributed by atoms with Crippen LogP contribution < -0.4 is 24.3 Å². The molecule has 0 bridgehead atoms. The van der Waals surface area contributed by atoms with Gasteiger partial charge in [0.15, 0.2) is 23.0 Å². The zero-order valence-corrected chi connectivity index (χ0v) is 15.2. The van der Waals surface area contributed by atoms with E-state index in [9.17, 15) is 4.79 Å². The highest BCUT2D eigenvalue weighted by atomic mass is 16.6. The molecule has 1 aliphatic rings. The maximum atomic E-state index is 12.4. The van der Waals surface area contributed by atoms with Gasteiger partial charge >= 0.3 is 6.01 Å². The van der Waals surface area contributed by atoms with Gasteiger partial charge < -0.3 is 23.4 Å². The predicted molar refractivity (Wildman–Crippen MR) is 97.8 cm³/mol. The number of carbonyl (C=O) groups is 1. The number of rotatable bonds is 5. The first-order valence-electron chi connectivity index (χ1n) is 8.43. The Kier molecular flexibility index (Phi) is 4.71. The monoisotopic (exact) mass is 383 g/mol. The summed E-state index contributed by atoms with van der Waals surface area (Å²) >= 11 is 0. The van der Waals surface area contributed by atoms with Gasteiger partial charge in [-0.3, -0.25) is 10.1 Å². The highest BCUT2D eigenvalue weighted by Crippen LogP contribution is 2.33. The molecule has 0 radical (unpaired) electrons. The maximum absolute atomic E-state index is 12.4. The summed E-state index contributed by atoms with van der Waals surface area (Å²) in [5.41, 5.74) is 0.622. The molecule has 3 aromatic rings. The van der Waals surface area contributed by atoms with Crippen LogP contribution in [0.5, 0.6) is 23.0 Å². The van der Waals surface area contributed by atoms with Crippen LogP contribution in [0.1, 0.15) is 0 Å². The molecule has 9 heteroatoms. The molecule has 144 valence electrons. The number of para-hydroxylation sites is 2. The van der Waals surface area contributed by atoms with Crippen LogP contribution in [-0.4, -0.2) is 43.0 Å².